The average Bonchev–Trinajstić information content (AvgIpc) is 2.65. The van der Waals surface area contributed by atoms with Crippen molar-refractivity contribution in [2.24, 2.45) is 0 Å². The summed E-state index contributed by atoms with van der Waals surface area (Å²) in [6.07, 6.45) is 0.116. The van der Waals surface area contributed by atoms with E-state index in [9.17, 15) is 0 Å². The summed E-state index contributed by atoms with van der Waals surface area (Å²) in [5.41, 5.74) is 7.07. The Labute approximate surface area is 94.0 Å². The van der Waals surface area contributed by atoms with Crippen LogP contribution in [0, 0.1) is 0 Å². The van der Waals surface area contributed by atoms with Crippen LogP contribution in [0.2, 0.25) is 0 Å². The topological polar surface area (TPSA) is 61.3 Å². The van der Waals surface area contributed by atoms with Crippen LogP contribution in [0.5, 0.6) is 5.75 Å². The number of rotatable bonds is 3. The van der Waals surface area contributed by atoms with Gasteiger partial charge in [-0.15, -0.1) is 0 Å². The second-order valence-electron chi connectivity index (χ2n) is 3.78. The monoisotopic (exact) mass is 218 g/mol. The van der Waals surface area contributed by atoms with Crippen LogP contribution in [0.15, 0.2) is 34.9 Å². The van der Waals surface area contributed by atoms with E-state index in [0.29, 0.717) is 11.6 Å². The Kier molecular flexibility index (Phi) is 2.81. The van der Waals surface area contributed by atoms with Crippen LogP contribution in [0.3, 0.4) is 0 Å². The van der Waals surface area contributed by atoms with E-state index in [4.69, 9.17) is 15.0 Å². The van der Waals surface area contributed by atoms with Gasteiger partial charge in [0.05, 0.1) is 6.10 Å². The minimum absolute atomic E-state index is 0.116. The lowest BCUT2D eigenvalue weighted by molar-refractivity contribution is 0.243. The average molecular weight is 218 g/mol. The Morgan fingerprint density at radius 2 is 2.06 bits per heavy atom. The molecule has 2 N–H and O–H groups in total. The van der Waals surface area contributed by atoms with Gasteiger partial charge in [-0.1, -0.05) is 17.3 Å². The zero-order valence-electron chi connectivity index (χ0n) is 9.31. The maximum Gasteiger partial charge on any atom is 0.222 e. The molecule has 0 bridgehead atoms. The number of nitrogen functional groups attached to an aromatic ring is 1. The Hall–Kier alpha value is -1.97. The number of aromatic nitrogens is 1. The summed E-state index contributed by atoms with van der Waals surface area (Å²) >= 11 is 0. The van der Waals surface area contributed by atoms with Crippen LogP contribution < -0.4 is 10.5 Å². The second kappa shape index (κ2) is 4.26. The van der Waals surface area contributed by atoms with E-state index in [2.05, 4.69) is 5.16 Å². The summed E-state index contributed by atoms with van der Waals surface area (Å²) < 4.78 is 10.5. The summed E-state index contributed by atoms with van der Waals surface area (Å²) in [7, 11) is 0. The minimum Gasteiger partial charge on any atom is -0.490 e. The molecule has 2 aromatic rings. The van der Waals surface area contributed by atoms with E-state index in [1.807, 2.05) is 38.1 Å². The summed E-state index contributed by atoms with van der Waals surface area (Å²) in [5.74, 6) is 1.08. The van der Waals surface area contributed by atoms with Gasteiger partial charge in [0.1, 0.15) is 11.4 Å². The summed E-state index contributed by atoms with van der Waals surface area (Å²) in [6.45, 7) is 3.96. The number of hydrogen-bond donors (Lipinski definition) is 1. The fraction of sp³-hybridized carbons (Fsp3) is 0.250. The zero-order valence-corrected chi connectivity index (χ0v) is 9.31. The van der Waals surface area contributed by atoms with Gasteiger partial charge in [0.25, 0.3) is 0 Å². The Morgan fingerprint density at radius 1 is 1.31 bits per heavy atom. The molecule has 0 unspecified atom stereocenters. The van der Waals surface area contributed by atoms with Gasteiger partial charge in [0, 0.05) is 11.6 Å². The molecule has 1 aromatic heterocycles. The normalized spacial score (nSPS) is 10.7. The third-order valence-electron chi connectivity index (χ3n) is 2.05. The van der Waals surface area contributed by atoms with Crippen LogP contribution in [-0.4, -0.2) is 11.3 Å². The highest BCUT2D eigenvalue weighted by atomic mass is 16.5. The van der Waals surface area contributed by atoms with Gasteiger partial charge >= 0.3 is 0 Å². The smallest absolute Gasteiger partial charge is 0.222 e. The number of benzene rings is 1. The summed E-state index contributed by atoms with van der Waals surface area (Å²) in [5, 5.41) is 3.87. The van der Waals surface area contributed by atoms with Crippen molar-refractivity contribution >= 4 is 5.88 Å². The molecule has 0 aliphatic rings. The van der Waals surface area contributed by atoms with E-state index in [1.165, 1.54) is 0 Å². The lowest BCUT2D eigenvalue weighted by Gasteiger charge is -2.12. The molecule has 0 spiro atoms. The van der Waals surface area contributed by atoms with Gasteiger partial charge in [-0.05, 0) is 26.0 Å². The van der Waals surface area contributed by atoms with E-state index in [-0.39, 0.29) is 6.10 Å². The van der Waals surface area contributed by atoms with E-state index in [0.717, 1.165) is 11.3 Å². The highest BCUT2D eigenvalue weighted by molar-refractivity contribution is 5.68. The second-order valence-corrected chi connectivity index (χ2v) is 3.78. The first-order valence-corrected chi connectivity index (χ1v) is 5.15. The molecule has 0 radical (unpaired) electrons. The van der Waals surface area contributed by atoms with Gasteiger partial charge in [-0.25, -0.2) is 0 Å². The molecular weight excluding hydrogens is 204 g/mol. The molecular formula is C12H14N2O2. The first-order valence-electron chi connectivity index (χ1n) is 5.15. The number of hydrogen-bond acceptors (Lipinski definition) is 4. The van der Waals surface area contributed by atoms with Crippen molar-refractivity contribution in [1.29, 1.82) is 0 Å². The Morgan fingerprint density at radius 3 is 2.69 bits per heavy atom. The van der Waals surface area contributed by atoms with Crippen molar-refractivity contribution in [2.75, 3.05) is 5.73 Å². The molecule has 1 heterocycles. The number of anilines is 1. The van der Waals surface area contributed by atoms with Crippen molar-refractivity contribution in [3.05, 3.63) is 30.3 Å². The van der Waals surface area contributed by atoms with Gasteiger partial charge in [-0.3, -0.25) is 0 Å². The van der Waals surface area contributed by atoms with Crippen molar-refractivity contribution in [2.45, 2.75) is 20.0 Å². The fourth-order valence-corrected chi connectivity index (χ4v) is 1.45. The lowest BCUT2D eigenvalue weighted by Crippen LogP contribution is -2.06. The molecule has 0 fully saturated rings. The molecule has 16 heavy (non-hydrogen) atoms. The molecule has 0 saturated heterocycles. The number of para-hydroxylation sites is 1. The highest BCUT2D eigenvalue weighted by Gasteiger charge is 2.10. The molecule has 4 nitrogen and oxygen atoms in total. The van der Waals surface area contributed by atoms with Crippen molar-refractivity contribution < 1.29 is 9.26 Å². The standard InChI is InChI=1S/C12H14N2O2/c1-8(2)15-11-6-4-3-5-9(11)10-7-12(13)16-14-10/h3-8H,13H2,1-2H3. The van der Waals surface area contributed by atoms with Crippen LogP contribution in [-0.2, 0) is 0 Å². The molecule has 1 aromatic carbocycles. The number of nitrogens with two attached hydrogens (primary N) is 1. The van der Waals surface area contributed by atoms with Crippen LogP contribution in [0.25, 0.3) is 11.3 Å². The minimum atomic E-state index is 0.116. The quantitative estimate of drug-likeness (QED) is 0.860. The van der Waals surface area contributed by atoms with Crippen LogP contribution in [0.1, 0.15) is 13.8 Å². The largest absolute Gasteiger partial charge is 0.490 e. The van der Waals surface area contributed by atoms with E-state index in [1.54, 1.807) is 6.07 Å². The highest BCUT2D eigenvalue weighted by Crippen LogP contribution is 2.30. The van der Waals surface area contributed by atoms with Gasteiger partial charge < -0.3 is 15.0 Å². The Balaban J connectivity index is 2.40. The van der Waals surface area contributed by atoms with Crippen molar-refractivity contribution in [1.82, 2.24) is 5.16 Å². The fourth-order valence-electron chi connectivity index (χ4n) is 1.45. The van der Waals surface area contributed by atoms with E-state index >= 15 is 0 Å². The summed E-state index contributed by atoms with van der Waals surface area (Å²) in [6, 6.07) is 9.36. The Bertz CT molecular complexity index is 477. The number of ether oxygens (including phenoxy) is 1. The molecule has 4 heteroatoms. The maximum atomic E-state index is 5.69. The van der Waals surface area contributed by atoms with Crippen molar-refractivity contribution in [3.8, 4) is 17.0 Å². The van der Waals surface area contributed by atoms with Crippen LogP contribution in [0.4, 0.5) is 5.88 Å². The molecule has 0 amide bonds. The molecule has 0 atom stereocenters. The third-order valence-corrected chi connectivity index (χ3v) is 2.05. The molecule has 0 aliphatic heterocycles. The molecule has 84 valence electrons. The van der Waals surface area contributed by atoms with Crippen LogP contribution >= 0.6 is 0 Å². The molecule has 0 saturated carbocycles. The predicted molar refractivity (Wildman–Crippen MR) is 62.1 cm³/mol. The van der Waals surface area contributed by atoms with Gasteiger partial charge in [0.15, 0.2) is 0 Å². The SMILES string of the molecule is CC(C)Oc1ccccc1-c1cc(N)on1. The molecule has 2 rings (SSSR count). The predicted octanol–water partition coefficient (Wildman–Crippen LogP) is 2.71. The van der Waals surface area contributed by atoms with E-state index < -0.39 is 0 Å². The summed E-state index contributed by atoms with van der Waals surface area (Å²) in [4.78, 5) is 0. The zero-order chi connectivity index (χ0) is 11.5. The third kappa shape index (κ3) is 2.16. The van der Waals surface area contributed by atoms with Gasteiger partial charge in [0.2, 0.25) is 5.88 Å². The maximum absolute atomic E-state index is 5.69. The number of nitrogens with zero attached hydrogens (tertiary/aromatic N) is 1. The van der Waals surface area contributed by atoms with Crippen molar-refractivity contribution in [3.63, 3.8) is 0 Å². The lowest BCUT2D eigenvalue weighted by atomic mass is 10.1. The molecule has 0 aliphatic carbocycles. The van der Waals surface area contributed by atoms with Gasteiger partial charge in [-0.2, -0.15) is 0 Å². The first kappa shape index (κ1) is 10.5. The first-order chi connectivity index (χ1) is 7.66.